The number of hydrogen-bond donors (Lipinski definition) is 2. The summed E-state index contributed by atoms with van der Waals surface area (Å²) in [6.07, 6.45) is -0.186. The number of halogens is 2. The van der Waals surface area contributed by atoms with E-state index in [1.54, 1.807) is 19.1 Å². The van der Waals surface area contributed by atoms with E-state index >= 15 is 0 Å². The molecule has 142 valence electrons. The van der Waals surface area contributed by atoms with Crippen LogP contribution in [0, 0.1) is 11.7 Å². The van der Waals surface area contributed by atoms with Crippen LogP contribution < -0.4 is 15.4 Å². The minimum Gasteiger partial charge on any atom is -0.489 e. The number of methoxy groups -OCH3 is 1. The van der Waals surface area contributed by atoms with Crippen molar-refractivity contribution < 1.29 is 18.7 Å². The van der Waals surface area contributed by atoms with Crippen LogP contribution in [0.2, 0.25) is 0 Å². The third-order valence-electron chi connectivity index (χ3n) is 3.16. The van der Waals surface area contributed by atoms with E-state index in [1.807, 2.05) is 13.8 Å². The first-order valence-corrected chi connectivity index (χ1v) is 7.98. The molecular weight excluding hydrogens is 440 g/mol. The SMILES string of the molecule is CCNC(=NCC(C)C(=O)OC)NCC(C)Oc1cccc(F)c1.I. The Bertz CT molecular complexity index is 558. The third-order valence-corrected chi connectivity index (χ3v) is 3.16. The number of guanidine groups is 1. The number of rotatable bonds is 8. The Morgan fingerprint density at radius 3 is 2.64 bits per heavy atom. The summed E-state index contributed by atoms with van der Waals surface area (Å²) < 4.78 is 23.5. The van der Waals surface area contributed by atoms with Crippen LogP contribution in [0.15, 0.2) is 29.3 Å². The van der Waals surface area contributed by atoms with E-state index in [0.29, 0.717) is 31.3 Å². The molecule has 6 nitrogen and oxygen atoms in total. The van der Waals surface area contributed by atoms with Crippen molar-refractivity contribution in [1.82, 2.24) is 10.6 Å². The molecule has 0 aliphatic heterocycles. The molecular formula is C17H27FIN3O3. The number of nitrogens with one attached hydrogen (secondary N) is 2. The number of aliphatic imine (C=N–C) groups is 1. The molecule has 0 aliphatic rings. The van der Waals surface area contributed by atoms with E-state index in [1.165, 1.54) is 19.2 Å². The summed E-state index contributed by atoms with van der Waals surface area (Å²) in [6, 6.07) is 6.02. The highest BCUT2D eigenvalue weighted by Crippen LogP contribution is 2.13. The third kappa shape index (κ3) is 9.47. The number of carbonyl (C=O) groups is 1. The molecule has 1 rings (SSSR count). The summed E-state index contributed by atoms with van der Waals surface area (Å²) in [5.41, 5.74) is 0. The average molecular weight is 467 g/mol. The standard InChI is InChI=1S/C17H26FN3O3.HI/c1-5-19-17(20-10-12(2)16(22)23-4)21-11-13(3)24-15-8-6-7-14(18)9-15;/h6-9,12-13H,5,10-11H2,1-4H3,(H2,19,20,21);1H. The van der Waals surface area contributed by atoms with Crippen LogP contribution in [0.3, 0.4) is 0 Å². The van der Waals surface area contributed by atoms with Gasteiger partial charge in [-0.2, -0.15) is 0 Å². The number of carbonyl (C=O) groups excluding carboxylic acids is 1. The molecule has 0 saturated heterocycles. The molecule has 0 fully saturated rings. The molecule has 0 heterocycles. The molecule has 0 amide bonds. The molecule has 0 bridgehead atoms. The van der Waals surface area contributed by atoms with E-state index < -0.39 is 0 Å². The van der Waals surface area contributed by atoms with Crippen molar-refractivity contribution in [1.29, 1.82) is 0 Å². The van der Waals surface area contributed by atoms with Crippen molar-refractivity contribution in [2.45, 2.75) is 26.9 Å². The minimum absolute atomic E-state index is 0. The smallest absolute Gasteiger partial charge is 0.310 e. The van der Waals surface area contributed by atoms with E-state index in [2.05, 4.69) is 20.4 Å². The van der Waals surface area contributed by atoms with Crippen LogP contribution in [-0.2, 0) is 9.53 Å². The van der Waals surface area contributed by atoms with Crippen molar-refractivity contribution in [2.75, 3.05) is 26.7 Å². The lowest BCUT2D eigenvalue weighted by Crippen LogP contribution is -2.42. The van der Waals surface area contributed by atoms with Gasteiger partial charge in [-0.05, 0) is 26.0 Å². The first-order chi connectivity index (χ1) is 11.5. The second-order valence-electron chi connectivity index (χ2n) is 5.41. The van der Waals surface area contributed by atoms with Crippen molar-refractivity contribution >= 4 is 35.9 Å². The number of benzene rings is 1. The maximum absolute atomic E-state index is 13.1. The molecule has 8 heteroatoms. The van der Waals surface area contributed by atoms with E-state index in [9.17, 15) is 9.18 Å². The van der Waals surface area contributed by atoms with Crippen LogP contribution >= 0.6 is 24.0 Å². The van der Waals surface area contributed by atoms with Crippen molar-refractivity contribution in [3.63, 3.8) is 0 Å². The van der Waals surface area contributed by atoms with Crippen LogP contribution in [0.1, 0.15) is 20.8 Å². The Morgan fingerprint density at radius 1 is 1.32 bits per heavy atom. The fraction of sp³-hybridized carbons (Fsp3) is 0.529. The fourth-order valence-electron chi connectivity index (χ4n) is 1.90. The molecule has 25 heavy (non-hydrogen) atoms. The normalized spacial score (nSPS) is 13.2. The van der Waals surface area contributed by atoms with Gasteiger partial charge < -0.3 is 20.1 Å². The largest absolute Gasteiger partial charge is 0.489 e. The highest BCUT2D eigenvalue weighted by atomic mass is 127. The monoisotopic (exact) mass is 467 g/mol. The minimum atomic E-state index is -0.334. The Kier molecular flexibility index (Phi) is 11.9. The van der Waals surface area contributed by atoms with Crippen molar-refractivity contribution in [3.8, 4) is 5.75 Å². The lowest BCUT2D eigenvalue weighted by Gasteiger charge is -2.18. The summed E-state index contributed by atoms with van der Waals surface area (Å²) >= 11 is 0. The second-order valence-corrected chi connectivity index (χ2v) is 5.41. The summed E-state index contributed by atoms with van der Waals surface area (Å²) in [5, 5.41) is 6.23. The second kappa shape index (κ2) is 12.7. The predicted octanol–water partition coefficient (Wildman–Crippen LogP) is 2.58. The molecule has 0 aromatic heterocycles. The van der Waals surface area contributed by atoms with Gasteiger partial charge in [0.05, 0.1) is 26.1 Å². The van der Waals surface area contributed by atoms with E-state index in [4.69, 9.17) is 4.74 Å². The van der Waals surface area contributed by atoms with Gasteiger partial charge in [-0.15, -0.1) is 24.0 Å². The van der Waals surface area contributed by atoms with E-state index in [0.717, 1.165) is 0 Å². The molecule has 0 radical (unpaired) electrons. The van der Waals surface area contributed by atoms with Gasteiger partial charge in [-0.25, -0.2) is 4.39 Å². The summed E-state index contributed by atoms with van der Waals surface area (Å²) in [7, 11) is 1.36. The zero-order valence-electron chi connectivity index (χ0n) is 15.0. The molecule has 2 N–H and O–H groups in total. The Morgan fingerprint density at radius 2 is 2.04 bits per heavy atom. The van der Waals surface area contributed by atoms with Crippen LogP contribution in [0.25, 0.3) is 0 Å². The zero-order valence-corrected chi connectivity index (χ0v) is 17.4. The summed E-state index contributed by atoms with van der Waals surface area (Å²) in [5.74, 6) is 0.122. The topological polar surface area (TPSA) is 72.0 Å². The van der Waals surface area contributed by atoms with Crippen LogP contribution in [-0.4, -0.2) is 44.8 Å². The quantitative estimate of drug-likeness (QED) is 0.266. The summed E-state index contributed by atoms with van der Waals surface area (Å²) in [4.78, 5) is 15.7. The lowest BCUT2D eigenvalue weighted by molar-refractivity contribution is -0.144. The number of ether oxygens (including phenoxy) is 2. The zero-order chi connectivity index (χ0) is 17.9. The van der Waals surface area contributed by atoms with Gasteiger partial charge in [0.15, 0.2) is 5.96 Å². The first kappa shape index (κ1) is 23.4. The molecule has 0 spiro atoms. The molecule has 2 unspecified atom stereocenters. The van der Waals surface area contributed by atoms with Gasteiger partial charge in [0.25, 0.3) is 0 Å². The van der Waals surface area contributed by atoms with Gasteiger partial charge in [0, 0.05) is 12.6 Å². The van der Waals surface area contributed by atoms with Gasteiger partial charge in [-0.1, -0.05) is 13.0 Å². The van der Waals surface area contributed by atoms with Crippen LogP contribution in [0.4, 0.5) is 4.39 Å². The Balaban J connectivity index is 0.00000576. The maximum atomic E-state index is 13.1. The predicted molar refractivity (Wildman–Crippen MR) is 107 cm³/mol. The van der Waals surface area contributed by atoms with Crippen molar-refractivity contribution in [2.24, 2.45) is 10.9 Å². The highest BCUT2D eigenvalue weighted by molar-refractivity contribution is 14.0. The molecule has 1 aromatic carbocycles. The summed E-state index contributed by atoms with van der Waals surface area (Å²) in [6.45, 7) is 7.08. The van der Waals surface area contributed by atoms with Gasteiger partial charge in [-0.3, -0.25) is 9.79 Å². The number of esters is 1. The highest BCUT2D eigenvalue weighted by Gasteiger charge is 2.13. The van der Waals surface area contributed by atoms with Crippen LogP contribution in [0.5, 0.6) is 5.75 Å². The average Bonchev–Trinajstić information content (AvgIpc) is 2.56. The Labute approximate surface area is 165 Å². The maximum Gasteiger partial charge on any atom is 0.310 e. The number of nitrogens with zero attached hydrogens (tertiary/aromatic N) is 1. The fourth-order valence-corrected chi connectivity index (χ4v) is 1.90. The van der Waals surface area contributed by atoms with Gasteiger partial charge in [0.2, 0.25) is 0 Å². The molecule has 0 aliphatic carbocycles. The van der Waals surface area contributed by atoms with Gasteiger partial charge in [0.1, 0.15) is 17.7 Å². The van der Waals surface area contributed by atoms with E-state index in [-0.39, 0.29) is 47.8 Å². The van der Waals surface area contributed by atoms with Crippen molar-refractivity contribution in [3.05, 3.63) is 30.1 Å². The molecule has 1 aromatic rings. The lowest BCUT2D eigenvalue weighted by atomic mass is 10.2. The Hall–Kier alpha value is -1.58. The number of hydrogen-bond acceptors (Lipinski definition) is 4. The molecule has 0 saturated carbocycles. The van der Waals surface area contributed by atoms with Gasteiger partial charge >= 0.3 is 5.97 Å². The first-order valence-electron chi connectivity index (χ1n) is 7.98. The molecule has 2 atom stereocenters.